The first-order chi connectivity index (χ1) is 13.6. The SMILES string of the molecule is O=C(CN1CCN(C(=O)C2CC2[N+](=O)[O-])CC1)Nc1ccc(OC(F)(F)F)cc1. The Kier molecular flexibility index (Phi) is 5.91. The Morgan fingerprint density at radius 2 is 1.79 bits per heavy atom. The summed E-state index contributed by atoms with van der Waals surface area (Å²) < 4.78 is 40.2. The zero-order valence-electron chi connectivity index (χ0n) is 15.2. The number of benzene rings is 1. The zero-order chi connectivity index (χ0) is 21.2. The number of nitrogens with one attached hydrogen (secondary N) is 1. The Hall–Kier alpha value is -2.89. The third-order valence-electron chi connectivity index (χ3n) is 4.77. The lowest BCUT2D eigenvalue weighted by atomic mass is 10.2. The lowest BCUT2D eigenvalue weighted by molar-refractivity contribution is -0.497. The number of halogens is 3. The summed E-state index contributed by atoms with van der Waals surface area (Å²) in [6.45, 7) is 1.73. The minimum atomic E-state index is -4.78. The maximum absolute atomic E-state index is 12.2. The summed E-state index contributed by atoms with van der Waals surface area (Å²) in [5.74, 6) is -1.47. The molecule has 2 unspecified atom stereocenters. The summed E-state index contributed by atoms with van der Waals surface area (Å²) in [6.07, 6.45) is -4.50. The van der Waals surface area contributed by atoms with Crippen LogP contribution < -0.4 is 10.1 Å². The molecule has 158 valence electrons. The molecule has 1 heterocycles. The van der Waals surface area contributed by atoms with Gasteiger partial charge >= 0.3 is 6.36 Å². The van der Waals surface area contributed by atoms with Crippen LogP contribution in [0.2, 0.25) is 0 Å². The van der Waals surface area contributed by atoms with Crippen LogP contribution >= 0.6 is 0 Å². The molecule has 29 heavy (non-hydrogen) atoms. The molecule has 1 aliphatic heterocycles. The van der Waals surface area contributed by atoms with E-state index in [4.69, 9.17) is 0 Å². The lowest BCUT2D eigenvalue weighted by Gasteiger charge is -2.34. The predicted molar refractivity (Wildman–Crippen MR) is 93.7 cm³/mol. The number of carbonyl (C=O) groups is 2. The molecule has 2 amide bonds. The molecule has 1 aromatic carbocycles. The van der Waals surface area contributed by atoms with Crippen molar-refractivity contribution in [3.63, 3.8) is 0 Å². The van der Waals surface area contributed by atoms with Gasteiger partial charge in [-0.2, -0.15) is 0 Å². The van der Waals surface area contributed by atoms with Crippen LogP contribution in [0.5, 0.6) is 5.75 Å². The van der Waals surface area contributed by atoms with Crippen LogP contribution in [0, 0.1) is 16.0 Å². The van der Waals surface area contributed by atoms with Gasteiger partial charge < -0.3 is 15.0 Å². The van der Waals surface area contributed by atoms with Crippen LogP contribution in [0.1, 0.15) is 6.42 Å². The predicted octanol–water partition coefficient (Wildman–Crippen LogP) is 1.33. The van der Waals surface area contributed by atoms with E-state index in [1.54, 1.807) is 4.90 Å². The van der Waals surface area contributed by atoms with Gasteiger partial charge in [0.15, 0.2) is 0 Å². The highest BCUT2D eigenvalue weighted by Gasteiger charge is 2.54. The van der Waals surface area contributed by atoms with Gasteiger partial charge in [0.25, 0.3) is 0 Å². The number of ether oxygens (including phenoxy) is 1. The van der Waals surface area contributed by atoms with E-state index in [1.165, 1.54) is 12.1 Å². The summed E-state index contributed by atoms with van der Waals surface area (Å²) in [6, 6.07) is 4.03. The van der Waals surface area contributed by atoms with Gasteiger partial charge in [-0.25, -0.2) is 0 Å². The Morgan fingerprint density at radius 3 is 2.31 bits per heavy atom. The van der Waals surface area contributed by atoms with Gasteiger partial charge in [-0.1, -0.05) is 0 Å². The fraction of sp³-hybridized carbons (Fsp3) is 0.529. The minimum Gasteiger partial charge on any atom is -0.406 e. The summed E-state index contributed by atoms with van der Waals surface area (Å²) in [5.41, 5.74) is 0.331. The third-order valence-corrected chi connectivity index (χ3v) is 4.77. The van der Waals surface area contributed by atoms with E-state index in [0.29, 0.717) is 31.9 Å². The Balaban J connectivity index is 1.41. The molecule has 1 saturated carbocycles. The van der Waals surface area contributed by atoms with Gasteiger partial charge in [0.2, 0.25) is 17.9 Å². The van der Waals surface area contributed by atoms with Gasteiger partial charge in [0.1, 0.15) is 11.7 Å². The van der Waals surface area contributed by atoms with E-state index in [2.05, 4.69) is 10.1 Å². The van der Waals surface area contributed by atoms with E-state index in [9.17, 15) is 32.9 Å². The third kappa shape index (κ3) is 5.79. The second-order valence-electron chi connectivity index (χ2n) is 6.92. The fourth-order valence-corrected chi connectivity index (χ4v) is 3.18. The number of rotatable bonds is 6. The molecular weight excluding hydrogens is 397 g/mol. The lowest BCUT2D eigenvalue weighted by Crippen LogP contribution is -2.51. The van der Waals surface area contributed by atoms with Crippen molar-refractivity contribution in [2.45, 2.75) is 18.8 Å². The molecule has 0 spiro atoms. The van der Waals surface area contributed by atoms with Crippen LogP contribution in [0.15, 0.2) is 24.3 Å². The Bertz CT molecular complexity index is 778. The maximum atomic E-state index is 12.2. The molecule has 9 nitrogen and oxygen atoms in total. The number of piperazine rings is 1. The first kappa shape index (κ1) is 20.8. The highest BCUT2D eigenvalue weighted by atomic mass is 19.4. The molecule has 2 fully saturated rings. The maximum Gasteiger partial charge on any atom is 0.573 e. The van der Waals surface area contributed by atoms with Crippen molar-refractivity contribution in [1.29, 1.82) is 0 Å². The second kappa shape index (κ2) is 8.23. The smallest absolute Gasteiger partial charge is 0.406 e. The first-order valence-corrected chi connectivity index (χ1v) is 8.92. The summed E-state index contributed by atoms with van der Waals surface area (Å²) in [7, 11) is 0. The molecule has 0 bridgehead atoms. The number of anilines is 1. The van der Waals surface area contributed by atoms with E-state index in [-0.39, 0.29) is 30.5 Å². The fourth-order valence-electron chi connectivity index (χ4n) is 3.18. The van der Waals surface area contributed by atoms with Crippen molar-refractivity contribution in [1.82, 2.24) is 9.80 Å². The monoisotopic (exact) mass is 416 g/mol. The number of carbonyl (C=O) groups excluding carboxylic acids is 2. The summed E-state index contributed by atoms with van der Waals surface area (Å²) in [4.78, 5) is 38.0. The molecule has 1 saturated heterocycles. The molecule has 3 rings (SSSR count). The van der Waals surface area contributed by atoms with Crippen LogP contribution in [-0.4, -0.2) is 71.7 Å². The molecular formula is C17H19F3N4O5. The van der Waals surface area contributed by atoms with Gasteiger partial charge in [-0.3, -0.25) is 24.6 Å². The average molecular weight is 416 g/mol. The summed E-state index contributed by atoms with van der Waals surface area (Å²) >= 11 is 0. The van der Waals surface area contributed by atoms with Gasteiger partial charge in [0.05, 0.1) is 6.54 Å². The van der Waals surface area contributed by atoms with E-state index < -0.39 is 23.2 Å². The second-order valence-corrected chi connectivity index (χ2v) is 6.92. The quantitative estimate of drug-likeness (QED) is 0.554. The molecule has 12 heteroatoms. The number of amides is 2. The highest BCUT2D eigenvalue weighted by molar-refractivity contribution is 5.92. The van der Waals surface area contributed by atoms with E-state index >= 15 is 0 Å². The van der Waals surface area contributed by atoms with Gasteiger partial charge in [-0.15, -0.1) is 13.2 Å². The van der Waals surface area contributed by atoms with Gasteiger partial charge in [0, 0.05) is 43.2 Å². The molecule has 2 atom stereocenters. The average Bonchev–Trinajstić information content (AvgIpc) is 3.43. The van der Waals surface area contributed by atoms with Crippen LogP contribution in [0.3, 0.4) is 0 Å². The largest absolute Gasteiger partial charge is 0.573 e. The van der Waals surface area contributed by atoms with Crippen molar-refractivity contribution >= 4 is 17.5 Å². The minimum absolute atomic E-state index is 0.0593. The molecule has 1 N–H and O–H groups in total. The summed E-state index contributed by atoms with van der Waals surface area (Å²) in [5, 5.41) is 13.3. The molecule has 1 aromatic rings. The number of nitrogens with zero attached hydrogens (tertiary/aromatic N) is 3. The van der Waals surface area contributed by atoms with Crippen molar-refractivity contribution in [2.75, 3.05) is 38.0 Å². The van der Waals surface area contributed by atoms with E-state index in [1.807, 2.05) is 4.90 Å². The number of nitro groups is 1. The number of hydrogen-bond acceptors (Lipinski definition) is 6. The van der Waals surface area contributed by atoms with Crippen LogP contribution in [0.4, 0.5) is 18.9 Å². The van der Waals surface area contributed by atoms with Gasteiger partial charge in [-0.05, 0) is 24.3 Å². The number of alkyl halides is 3. The van der Waals surface area contributed by atoms with Crippen molar-refractivity contribution in [3.05, 3.63) is 34.4 Å². The molecule has 0 radical (unpaired) electrons. The normalized spacial score (nSPS) is 22.1. The zero-order valence-corrected chi connectivity index (χ0v) is 15.2. The first-order valence-electron chi connectivity index (χ1n) is 8.92. The number of hydrogen-bond donors (Lipinski definition) is 1. The van der Waals surface area contributed by atoms with E-state index in [0.717, 1.165) is 12.1 Å². The standard InChI is InChI=1S/C17H19F3N4O5/c18-17(19,20)29-12-3-1-11(2-4-12)21-15(25)10-22-5-7-23(8-6-22)16(26)13-9-14(13)24(27)28/h1-4,13-14H,5-10H2,(H,21,25). The topological polar surface area (TPSA) is 105 Å². The van der Waals surface area contributed by atoms with Crippen molar-refractivity contribution in [3.8, 4) is 5.75 Å². The van der Waals surface area contributed by atoms with Crippen LogP contribution in [0.25, 0.3) is 0 Å². The Labute approximate surface area is 163 Å². The Morgan fingerprint density at radius 1 is 1.17 bits per heavy atom. The molecule has 0 aromatic heterocycles. The molecule has 1 aliphatic carbocycles. The highest BCUT2D eigenvalue weighted by Crippen LogP contribution is 2.35. The van der Waals surface area contributed by atoms with Crippen molar-refractivity contribution < 1.29 is 32.4 Å². The van der Waals surface area contributed by atoms with Crippen molar-refractivity contribution in [2.24, 2.45) is 5.92 Å². The van der Waals surface area contributed by atoms with Crippen LogP contribution in [-0.2, 0) is 9.59 Å². The molecule has 2 aliphatic rings.